The Balaban J connectivity index is 1.77. The Morgan fingerprint density at radius 3 is 2.50 bits per heavy atom. The van der Waals surface area contributed by atoms with Crippen LogP contribution in [0.2, 0.25) is 0 Å². The molecule has 24 heavy (non-hydrogen) atoms. The molecule has 1 atom stereocenters. The van der Waals surface area contributed by atoms with Crippen molar-refractivity contribution in [3.8, 4) is 11.5 Å². The third kappa shape index (κ3) is 3.73. The molecule has 0 unspecified atom stereocenters. The third-order valence-electron chi connectivity index (χ3n) is 3.81. The summed E-state index contributed by atoms with van der Waals surface area (Å²) in [6.45, 7) is 0. The summed E-state index contributed by atoms with van der Waals surface area (Å²) in [7, 11) is 1.33. The van der Waals surface area contributed by atoms with Gasteiger partial charge in [0, 0.05) is 0 Å². The predicted octanol–water partition coefficient (Wildman–Crippen LogP) is 3.67. The molecule has 3 aromatic carbocycles. The van der Waals surface area contributed by atoms with Gasteiger partial charge in [0.1, 0.15) is 17.5 Å². The second kappa shape index (κ2) is 7.15. The molecular formula is C20H19NO3. The first-order chi connectivity index (χ1) is 11.7. The molecule has 0 aliphatic rings. The van der Waals surface area contributed by atoms with E-state index in [2.05, 4.69) is 10.8 Å². The van der Waals surface area contributed by atoms with E-state index in [0.29, 0.717) is 12.2 Å². The van der Waals surface area contributed by atoms with Crippen molar-refractivity contribution in [2.75, 3.05) is 7.11 Å². The first kappa shape index (κ1) is 16.0. The first-order valence-corrected chi connectivity index (χ1v) is 7.75. The van der Waals surface area contributed by atoms with Crippen LogP contribution >= 0.6 is 0 Å². The van der Waals surface area contributed by atoms with Crippen LogP contribution in [0.5, 0.6) is 11.5 Å². The number of nitrogens with two attached hydrogens (primary N) is 1. The molecule has 4 heteroatoms. The van der Waals surface area contributed by atoms with Crippen LogP contribution in [0.3, 0.4) is 0 Å². The van der Waals surface area contributed by atoms with E-state index in [1.165, 1.54) is 12.5 Å². The highest BCUT2D eigenvalue weighted by Crippen LogP contribution is 2.26. The SMILES string of the molecule is COC(=O)[C@@H](N)Cc1cccc(Oc2ccc3ccccc3c2)c1. The third-order valence-corrected chi connectivity index (χ3v) is 3.81. The second-order valence-corrected chi connectivity index (χ2v) is 5.59. The lowest BCUT2D eigenvalue weighted by molar-refractivity contribution is -0.142. The van der Waals surface area contributed by atoms with Crippen molar-refractivity contribution in [3.05, 3.63) is 72.3 Å². The highest BCUT2D eigenvalue weighted by Gasteiger charge is 2.14. The molecular weight excluding hydrogens is 302 g/mol. The number of esters is 1. The molecule has 0 aliphatic carbocycles. The quantitative estimate of drug-likeness (QED) is 0.728. The lowest BCUT2D eigenvalue weighted by atomic mass is 10.1. The van der Waals surface area contributed by atoms with Gasteiger partial charge >= 0.3 is 5.97 Å². The van der Waals surface area contributed by atoms with Gasteiger partial charge in [-0.25, -0.2) is 0 Å². The van der Waals surface area contributed by atoms with Crippen molar-refractivity contribution in [3.63, 3.8) is 0 Å². The lowest BCUT2D eigenvalue weighted by Crippen LogP contribution is -2.33. The molecule has 0 saturated heterocycles. The number of fused-ring (bicyclic) bond motifs is 1. The minimum atomic E-state index is -0.675. The summed E-state index contributed by atoms with van der Waals surface area (Å²) in [6.07, 6.45) is 0.404. The van der Waals surface area contributed by atoms with E-state index >= 15 is 0 Å². The zero-order chi connectivity index (χ0) is 16.9. The molecule has 0 radical (unpaired) electrons. The number of rotatable bonds is 5. The molecule has 3 aromatic rings. The van der Waals surface area contributed by atoms with Crippen LogP contribution in [-0.4, -0.2) is 19.1 Å². The Hall–Kier alpha value is -2.85. The van der Waals surface area contributed by atoms with E-state index in [1.807, 2.05) is 60.7 Å². The monoisotopic (exact) mass is 321 g/mol. The van der Waals surface area contributed by atoms with E-state index in [1.54, 1.807) is 0 Å². The standard InChI is InChI=1S/C20H19NO3/c1-23-20(22)19(21)12-14-5-4-8-17(11-14)24-18-10-9-15-6-2-3-7-16(15)13-18/h2-11,13,19H,12,21H2,1H3/t19-/m0/s1. The molecule has 0 heterocycles. The fraction of sp³-hybridized carbons (Fsp3) is 0.150. The van der Waals surface area contributed by atoms with Crippen molar-refractivity contribution in [2.24, 2.45) is 5.73 Å². The lowest BCUT2D eigenvalue weighted by Gasteiger charge is -2.11. The van der Waals surface area contributed by atoms with Crippen molar-refractivity contribution >= 4 is 16.7 Å². The number of methoxy groups -OCH3 is 1. The largest absolute Gasteiger partial charge is 0.468 e. The minimum absolute atomic E-state index is 0.404. The molecule has 122 valence electrons. The van der Waals surface area contributed by atoms with Crippen LogP contribution in [0, 0.1) is 0 Å². The fourth-order valence-electron chi connectivity index (χ4n) is 2.59. The van der Waals surface area contributed by atoms with Gasteiger partial charge in [-0.2, -0.15) is 0 Å². The summed E-state index contributed by atoms with van der Waals surface area (Å²) in [6, 6.07) is 21.0. The molecule has 3 rings (SSSR count). The molecule has 0 fully saturated rings. The van der Waals surface area contributed by atoms with Gasteiger partial charge in [-0.05, 0) is 47.0 Å². The van der Waals surface area contributed by atoms with E-state index in [9.17, 15) is 4.79 Å². The van der Waals surface area contributed by atoms with Gasteiger partial charge in [-0.1, -0.05) is 42.5 Å². The Labute approximate surface area is 140 Å². The Kier molecular flexibility index (Phi) is 4.77. The van der Waals surface area contributed by atoms with Gasteiger partial charge in [0.05, 0.1) is 7.11 Å². The minimum Gasteiger partial charge on any atom is -0.468 e. The zero-order valence-electron chi connectivity index (χ0n) is 13.4. The summed E-state index contributed by atoms with van der Waals surface area (Å²) in [5.74, 6) is 1.05. The van der Waals surface area contributed by atoms with Gasteiger partial charge in [0.25, 0.3) is 0 Å². The number of hydrogen-bond acceptors (Lipinski definition) is 4. The summed E-state index contributed by atoms with van der Waals surface area (Å²) < 4.78 is 10.6. The molecule has 0 aromatic heterocycles. The molecule has 2 N–H and O–H groups in total. The summed E-state index contributed by atoms with van der Waals surface area (Å²) in [4.78, 5) is 11.4. The summed E-state index contributed by atoms with van der Waals surface area (Å²) in [5, 5.41) is 2.29. The average Bonchev–Trinajstić information content (AvgIpc) is 2.61. The van der Waals surface area contributed by atoms with Gasteiger partial charge in [-0.3, -0.25) is 4.79 Å². The highest BCUT2D eigenvalue weighted by atomic mass is 16.5. The summed E-state index contributed by atoms with van der Waals surface area (Å²) in [5.41, 5.74) is 6.73. The molecule has 0 amide bonds. The van der Waals surface area contributed by atoms with Gasteiger partial charge in [-0.15, -0.1) is 0 Å². The maximum Gasteiger partial charge on any atom is 0.322 e. The number of benzene rings is 3. The van der Waals surface area contributed by atoms with E-state index < -0.39 is 12.0 Å². The van der Waals surface area contributed by atoms with Crippen LogP contribution < -0.4 is 10.5 Å². The molecule has 0 bridgehead atoms. The number of carbonyl (C=O) groups excluding carboxylic acids is 1. The van der Waals surface area contributed by atoms with Crippen molar-refractivity contribution in [1.29, 1.82) is 0 Å². The maximum absolute atomic E-state index is 11.4. The molecule has 4 nitrogen and oxygen atoms in total. The van der Waals surface area contributed by atoms with E-state index in [4.69, 9.17) is 10.5 Å². The highest BCUT2D eigenvalue weighted by molar-refractivity contribution is 5.83. The number of carbonyl (C=O) groups is 1. The van der Waals surface area contributed by atoms with Crippen LogP contribution in [-0.2, 0) is 16.0 Å². The topological polar surface area (TPSA) is 61.5 Å². The maximum atomic E-state index is 11.4. The Morgan fingerprint density at radius 2 is 1.71 bits per heavy atom. The fourth-order valence-corrected chi connectivity index (χ4v) is 2.59. The van der Waals surface area contributed by atoms with Crippen LogP contribution in [0.4, 0.5) is 0 Å². The van der Waals surface area contributed by atoms with Crippen molar-refractivity contribution in [1.82, 2.24) is 0 Å². The van der Waals surface area contributed by atoms with Gasteiger partial charge < -0.3 is 15.2 Å². The van der Waals surface area contributed by atoms with Gasteiger partial charge in [0.2, 0.25) is 0 Å². The van der Waals surface area contributed by atoms with Crippen molar-refractivity contribution in [2.45, 2.75) is 12.5 Å². The number of ether oxygens (including phenoxy) is 2. The van der Waals surface area contributed by atoms with Crippen LogP contribution in [0.15, 0.2) is 66.7 Å². The van der Waals surface area contributed by atoms with Gasteiger partial charge in [0.15, 0.2) is 0 Å². The molecule has 0 saturated carbocycles. The van der Waals surface area contributed by atoms with E-state index in [-0.39, 0.29) is 0 Å². The predicted molar refractivity (Wildman–Crippen MR) is 94.2 cm³/mol. The van der Waals surface area contributed by atoms with E-state index in [0.717, 1.165) is 16.7 Å². The average molecular weight is 321 g/mol. The Morgan fingerprint density at radius 1 is 0.958 bits per heavy atom. The zero-order valence-corrected chi connectivity index (χ0v) is 13.4. The molecule has 0 aliphatic heterocycles. The Bertz CT molecular complexity index is 860. The number of hydrogen-bond donors (Lipinski definition) is 1. The van der Waals surface area contributed by atoms with Crippen LogP contribution in [0.25, 0.3) is 10.8 Å². The first-order valence-electron chi connectivity index (χ1n) is 7.75. The summed E-state index contributed by atoms with van der Waals surface area (Å²) >= 11 is 0. The van der Waals surface area contributed by atoms with Crippen LogP contribution in [0.1, 0.15) is 5.56 Å². The smallest absolute Gasteiger partial charge is 0.322 e. The van der Waals surface area contributed by atoms with Crippen molar-refractivity contribution < 1.29 is 14.3 Å². The second-order valence-electron chi connectivity index (χ2n) is 5.59. The normalized spacial score (nSPS) is 11.9. The molecule has 0 spiro atoms.